The summed E-state index contributed by atoms with van der Waals surface area (Å²) >= 11 is 0. The molecule has 12 heteroatoms. The van der Waals surface area contributed by atoms with E-state index in [0.29, 0.717) is 35.0 Å². The van der Waals surface area contributed by atoms with Crippen molar-refractivity contribution in [1.82, 2.24) is 19.6 Å². The molecule has 0 aliphatic carbocycles. The lowest BCUT2D eigenvalue weighted by atomic mass is 9.96. The second-order valence-electron chi connectivity index (χ2n) is 9.61. The van der Waals surface area contributed by atoms with Crippen molar-refractivity contribution in [2.45, 2.75) is 45.1 Å². The first-order valence-electron chi connectivity index (χ1n) is 12.6. The number of carbonyl (C=O) groups excluding carboxylic acids is 1. The Kier molecular flexibility index (Phi) is 7.17. The van der Waals surface area contributed by atoms with E-state index < -0.39 is 24.2 Å². The van der Waals surface area contributed by atoms with E-state index in [9.17, 15) is 18.0 Å². The molecule has 0 radical (unpaired) electrons. The smallest absolute Gasteiger partial charge is 0.410 e. The summed E-state index contributed by atoms with van der Waals surface area (Å²) in [6, 6.07) is 13.4. The summed E-state index contributed by atoms with van der Waals surface area (Å²) in [5.41, 5.74) is 3.29. The maximum Gasteiger partial charge on any atom is 0.410 e. The van der Waals surface area contributed by atoms with E-state index in [1.165, 1.54) is 20.3 Å². The second-order valence-corrected chi connectivity index (χ2v) is 9.61. The molecule has 210 valence electrons. The van der Waals surface area contributed by atoms with Crippen LogP contribution in [-0.2, 0) is 6.54 Å². The van der Waals surface area contributed by atoms with Crippen molar-refractivity contribution < 1.29 is 27.4 Å². The van der Waals surface area contributed by atoms with E-state index >= 15 is 0 Å². The van der Waals surface area contributed by atoms with E-state index in [1.54, 1.807) is 29.8 Å². The van der Waals surface area contributed by atoms with Crippen LogP contribution >= 0.6 is 0 Å². The number of nitrogens with zero attached hydrogens (tertiary/aromatic N) is 4. The third kappa shape index (κ3) is 5.21. The standard InChI is InChI=1S/C28H29F3N6O3/c1-16-26(17(2)36(34-16)15-18-8-6-5-7-9-18)33-27(38)21-14-25-32-20(13-24(28(29,30)31)37(25)35-21)19-10-11-22(39-3)23(12-19)40-4/h5-12,14,20,24,32H,13,15H2,1-4H3,(H,33,38)/t20-,24-/m1/s1. The number of rotatable bonds is 7. The molecule has 0 saturated carbocycles. The first kappa shape index (κ1) is 27.1. The van der Waals surface area contributed by atoms with Gasteiger partial charge in [0.25, 0.3) is 5.91 Å². The summed E-state index contributed by atoms with van der Waals surface area (Å²) in [6.07, 6.45) is -4.91. The fourth-order valence-corrected chi connectivity index (χ4v) is 4.94. The first-order chi connectivity index (χ1) is 19.1. The number of aromatic nitrogens is 4. The van der Waals surface area contributed by atoms with Crippen molar-refractivity contribution in [2.24, 2.45) is 0 Å². The number of carbonyl (C=O) groups is 1. The maximum atomic E-state index is 14.2. The lowest BCUT2D eigenvalue weighted by molar-refractivity contribution is -0.173. The number of hydrogen-bond donors (Lipinski definition) is 2. The second kappa shape index (κ2) is 10.6. The van der Waals surface area contributed by atoms with E-state index in [2.05, 4.69) is 20.8 Å². The molecule has 2 aromatic heterocycles. The number of halogens is 3. The van der Waals surface area contributed by atoms with Crippen molar-refractivity contribution in [3.05, 3.63) is 82.8 Å². The summed E-state index contributed by atoms with van der Waals surface area (Å²) in [5.74, 6) is 0.337. The Hall–Kier alpha value is -4.48. The van der Waals surface area contributed by atoms with Crippen molar-refractivity contribution in [3.8, 4) is 11.5 Å². The third-order valence-corrected chi connectivity index (χ3v) is 7.03. The molecule has 3 heterocycles. The van der Waals surface area contributed by atoms with Crippen LogP contribution < -0.4 is 20.1 Å². The molecule has 9 nitrogen and oxygen atoms in total. The highest BCUT2D eigenvalue weighted by Crippen LogP contribution is 2.44. The van der Waals surface area contributed by atoms with Crippen molar-refractivity contribution >= 4 is 17.4 Å². The van der Waals surface area contributed by atoms with E-state index in [4.69, 9.17) is 9.47 Å². The minimum atomic E-state index is -4.59. The van der Waals surface area contributed by atoms with Crippen LogP contribution in [0.5, 0.6) is 11.5 Å². The van der Waals surface area contributed by atoms with E-state index in [1.807, 2.05) is 37.3 Å². The van der Waals surface area contributed by atoms with Crippen LogP contribution in [0.2, 0.25) is 0 Å². The molecule has 2 aromatic carbocycles. The van der Waals surface area contributed by atoms with Gasteiger partial charge in [-0.25, -0.2) is 4.68 Å². The fraction of sp³-hybridized carbons (Fsp3) is 0.321. The third-order valence-electron chi connectivity index (χ3n) is 7.03. The van der Waals surface area contributed by atoms with Gasteiger partial charge in [-0.15, -0.1) is 0 Å². The minimum absolute atomic E-state index is 0.0896. The van der Waals surface area contributed by atoms with Crippen molar-refractivity contribution in [1.29, 1.82) is 0 Å². The summed E-state index contributed by atoms with van der Waals surface area (Å²) in [6.45, 7) is 4.10. The number of alkyl halides is 3. The Balaban J connectivity index is 1.41. The highest BCUT2D eigenvalue weighted by atomic mass is 19.4. The summed E-state index contributed by atoms with van der Waals surface area (Å²) in [7, 11) is 2.95. The summed E-state index contributed by atoms with van der Waals surface area (Å²) in [4.78, 5) is 13.2. The molecule has 1 amide bonds. The van der Waals surface area contributed by atoms with Gasteiger partial charge >= 0.3 is 6.18 Å². The quantitative estimate of drug-likeness (QED) is 0.306. The maximum absolute atomic E-state index is 14.2. The Morgan fingerprint density at radius 1 is 1.05 bits per heavy atom. The molecule has 4 aromatic rings. The van der Waals surface area contributed by atoms with Crippen LogP contribution in [0.25, 0.3) is 0 Å². The number of hydrogen-bond acceptors (Lipinski definition) is 6. The predicted molar refractivity (Wildman–Crippen MR) is 143 cm³/mol. The largest absolute Gasteiger partial charge is 0.493 e. The number of methoxy groups -OCH3 is 2. The first-order valence-corrected chi connectivity index (χ1v) is 12.6. The Morgan fingerprint density at radius 2 is 1.77 bits per heavy atom. The molecule has 5 rings (SSSR count). The minimum Gasteiger partial charge on any atom is -0.493 e. The Bertz CT molecular complexity index is 1530. The molecule has 0 fully saturated rings. The van der Waals surface area contributed by atoms with E-state index in [-0.39, 0.29) is 17.9 Å². The van der Waals surface area contributed by atoms with Gasteiger partial charge in [0.2, 0.25) is 0 Å². The molecule has 40 heavy (non-hydrogen) atoms. The molecular weight excluding hydrogens is 525 g/mol. The van der Waals surface area contributed by atoms with Gasteiger partial charge in [-0.2, -0.15) is 23.4 Å². The van der Waals surface area contributed by atoms with Crippen LogP contribution in [-0.4, -0.2) is 45.9 Å². The van der Waals surface area contributed by atoms with Crippen molar-refractivity contribution in [2.75, 3.05) is 24.9 Å². The average Bonchev–Trinajstić information content (AvgIpc) is 3.48. The summed E-state index contributed by atoms with van der Waals surface area (Å²) < 4.78 is 55.7. The number of benzene rings is 2. The average molecular weight is 555 g/mol. The molecule has 0 bridgehead atoms. The Morgan fingerprint density at radius 3 is 2.45 bits per heavy atom. The molecular formula is C28H29F3N6O3. The number of nitrogens with one attached hydrogen (secondary N) is 2. The molecule has 0 saturated heterocycles. The Labute approximate surface area is 228 Å². The van der Waals surface area contributed by atoms with E-state index in [0.717, 1.165) is 15.9 Å². The van der Waals surface area contributed by atoms with Crippen LogP contribution in [0.1, 0.15) is 51.5 Å². The van der Waals surface area contributed by atoms with Gasteiger partial charge in [0.05, 0.1) is 43.9 Å². The number of ether oxygens (including phenoxy) is 2. The number of fused-ring (bicyclic) bond motifs is 1. The molecule has 2 atom stereocenters. The molecule has 1 aliphatic heterocycles. The molecule has 0 unspecified atom stereocenters. The zero-order valence-electron chi connectivity index (χ0n) is 22.4. The number of amides is 1. The van der Waals surface area contributed by atoms with Gasteiger partial charge in [-0.3, -0.25) is 9.48 Å². The van der Waals surface area contributed by atoms with Gasteiger partial charge in [0.1, 0.15) is 5.82 Å². The molecule has 1 aliphatic rings. The van der Waals surface area contributed by atoms with Gasteiger partial charge < -0.3 is 20.1 Å². The van der Waals surface area contributed by atoms with Crippen molar-refractivity contribution in [3.63, 3.8) is 0 Å². The highest BCUT2D eigenvalue weighted by Gasteiger charge is 2.47. The van der Waals surface area contributed by atoms with Gasteiger partial charge in [0.15, 0.2) is 23.2 Å². The highest BCUT2D eigenvalue weighted by molar-refractivity contribution is 6.04. The van der Waals surface area contributed by atoms with Gasteiger partial charge in [-0.05, 0) is 37.1 Å². The number of anilines is 2. The summed E-state index contributed by atoms with van der Waals surface area (Å²) in [5, 5.41) is 14.5. The zero-order valence-corrected chi connectivity index (χ0v) is 22.4. The molecule has 0 spiro atoms. The topological polar surface area (TPSA) is 95.2 Å². The van der Waals surface area contributed by atoms with Crippen LogP contribution in [0, 0.1) is 13.8 Å². The number of aryl methyl sites for hydroxylation is 1. The normalized spacial score (nSPS) is 16.7. The SMILES string of the molecule is COc1ccc([C@H]2C[C@H](C(F)(F)F)n3nc(C(=O)Nc4c(C)nn(Cc5ccccc5)c4C)cc3N2)cc1OC. The van der Waals surface area contributed by atoms with Crippen LogP contribution in [0.4, 0.5) is 24.7 Å². The lowest BCUT2D eigenvalue weighted by Gasteiger charge is -2.33. The zero-order chi connectivity index (χ0) is 28.6. The van der Waals surface area contributed by atoms with Gasteiger partial charge in [-0.1, -0.05) is 36.4 Å². The van der Waals surface area contributed by atoms with Crippen LogP contribution in [0.15, 0.2) is 54.6 Å². The molecule has 2 N–H and O–H groups in total. The monoisotopic (exact) mass is 554 g/mol. The fourth-order valence-electron chi connectivity index (χ4n) is 4.94. The van der Waals surface area contributed by atoms with Gasteiger partial charge in [0, 0.05) is 12.5 Å². The predicted octanol–water partition coefficient (Wildman–Crippen LogP) is 5.67. The van der Waals surface area contributed by atoms with Crippen LogP contribution in [0.3, 0.4) is 0 Å². The lowest BCUT2D eigenvalue weighted by Crippen LogP contribution is -2.35.